The molecule has 0 aromatic heterocycles. The lowest BCUT2D eigenvalue weighted by Gasteiger charge is -2.07. The summed E-state index contributed by atoms with van der Waals surface area (Å²) in [6.45, 7) is 3.89. The number of hydrogen-bond acceptors (Lipinski definition) is 2. The molecule has 0 fully saturated rings. The molecule has 0 aliphatic heterocycles. The third-order valence-electron chi connectivity index (χ3n) is 1.04. The monoisotopic (exact) mass is 132 g/mol. The molecule has 0 aromatic carbocycles. The molecule has 0 aromatic rings. The maximum Gasteiger partial charge on any atom is 0.320 e. The summed E-state index contributed by atoms with van der Waals surface area (Å²) in [6, 6.07) is -0.690. The molecule has 0 heterocycles. The molecule has 0 spiro atoms. The van der Waals surface area contributed by atoms with Crippen molar-refractivity contribution < 1.29 is 9.90 Å². The van der Waals surface area contributed by atoms with Crippen LogP contribution in [-0.2, 0) is 4.79 Å². The van der Waals surface area contributed by atoms with Gasteiger partial charge in [-0.25, -0.2) is 0 Å². The fourth-order valence-corrected chi connectivity index (χ4v) is 0.609. The Labute approximate surface area is 54.9 Å². The van der Waals surface area contributed by atoms with E-state index in [0.717, 1.165) is 0 Å². The van der Waals surface area contributed by atoms with Gasteiger partial charge in [0, 0.05) is 0 Å². The van der Waals surface area contributed by atoms with Gasteiger partial charge in [-0.2, -0.15) is 0 Å². The number of carbonyl (C=O) groups is 1. The summed E-state index contributed by atoms with van der Waals surface area (Å²) in [5.74, 6) is -0.556. The molecule has 54 valence electrons. The summed E-state index contributed by atoms with van der Waals surface area (Å²) in [4.78, 5) is 10.1. The van der Waals surface area contributed by atoms with Gasteiger partial charge in [0.25, 0.3) is 0 Å². The third-order valence-corrected chi connectivity index (χ3v) is 1.04. The SMILES string of the molecule is CC(C)C[13C@H](N)C(=O)O. The molecule has 0 saturated carbocycles. The Balaban J connectivity index is 3.50. The standard InChI is InChI=1S/C6H13NO2/c1-4(2)3-5(7)6(8)9/h4-5H,3,7H2,1-2H3,(H,8,9)/t5-/m0/s1/i5+1. The van der Waals surface area contributed by atoms with E-state index in [2.05, 4.69) is 0 Å². The summed E-state index contributed by atoms with van der Waals surface area (Å²) in [6.07, 6.45) is 0.551. The smallest absolute Gasteiger partial charge is 0.320 e. The Kier molecular flexibility index (Phi) is 3.24. The van der Waals surface area contributed by atoms with Crippen LogP contribution in [0.25, 0.3) is 0 Å². The maximum atomic E-state index is 10.1. The van der Waals surface area contributed by atoms with Crippen LogP contribution in [-0.4, -0.2) is 17.1 Å². The van der Waals surface area contributed by atoms with Crippen molar-refractivity contribution in [1.29, 1.82) is 0 Å². The van der Waals surface area contributed by atoms with Gasteiger partial charge in [-0.15, -0.1) is 0 Å². The minimum atomic E-state index is -0.913. The highest BCUT2D eigenvalue weighted by atomic mass is 16.4. The van der Waals surface area contributed by atoms with Crippen molar-refractivity contribution in [2.75, 3.05) is 0 Å². The van der Waals surface area contributed by atoms with Gasteiger partial charge in [0.15, 0.2) is 0 Å². The molecule has 3 N–H and O–H groups in total. The number of nitrogens with two attached hydrogens (primary N) is 1. The van der Waals surface area contributed by atoms with Gasteiger partial charge < -0.3 is 10.8 Å². The van der Waals surface area contributed by atoms with Gasteiger partial charge in [0.05, 0.1) is 0 Å². The van der Waals surface area contributed by atoms with E-state index in [0.29, 0.717) is 12.3 Å². The van der Waals surface area contributed by atoms with Crippen molar-refractivity contribution in [3.8, 4) is 0 Å². The fourth-order valence-electron chi connectivity index (χ4n) is 0.609. The van der Waals surface area contributed by atoms with E-state index in [9.17, 15) is 4.79 Å². The van der Waals surface area contributed by atoms with E-state index in [1.54, 1.807) is 0 Å². The van der Waals surface area contributed by atoms with Gasteiger partial charge in [0.2, 0.25) is 0 Å². The first kappa shape index (κ1) is 8.43. The molecule has 0 unspecified atom stereocenters. The van der Waals surface area contributed by atoms with Crippen LogP contribution in [0.1, 0.15) is 20.3 Å². The van der Waals surface area contributed by atoms with Crippen molar-refractivity contribution in [2.24, 2.45) is 11.7 Å². The highest BCUT2D eigenvalue weighted by molar-refractivity contribution is 5.72. The summed E-state index contributed by atoms with van der Waals surface area (Å²) < 4.78 is 0. The number of aliphatic carboxylic acids is 1. The van der Waals surface area contributed by atoms with E-state index in [1.807, 2.05) is 13.8 Å². The number of carboxylic acid groups (broad SMARTS) is 1. The fraction of sp³-hybridized carbons (Fsp3) is 0.833. The van der Waals surface area contributed by atoms with Crippen LogP contribution in [0.5, 0.6) is 0 Å². The highest BCUT2D eigenvalue weighted by Gasteiger charge is 2.11. The molecule has 9 heavy (non-hydrogen) atoms. The average molecular weight is 132 g/mol. The van der Waals surface area contributed by atoms with Gasteiger partial charge >= 0.3 is 5.97 Å². The summed E-state index contributed by atoms with van der Waals surface area (Å²) in [5.41, 5.74) is 5.22. The van der Waals surface area contributed by atoms with Crippen molar-refractivity contribution in [2.45, 2.75) is 26.3 Å². The zero-order valence-electron chi connectivity index (χ0n) is 5.79. The van der Waals surface area contributed by atoms with Crippen LogP contribution in [0.15, 0.2) is 0 Å². The van der Waals surface area contributed by atoms with Crippen LogP contribution in [0.2, 0.25) is 0 Å². The first-order chi connectivity index (χ1) is 4.04. The molecule has 3 heteroatoms. The molecule has 1 atom stereocenters. The molecule has 0 bridgehead atoms. The molecular formula is C6H13NO2. The maximum absolute atomic E-state index is 10.1. The zero-order chi connectivity index (χ0) is 7.44. The van der Waals surface area contributed by atoms with E-state index in [1.165, 1.54) is 0 Å². The average Bonchev–Trinajstić information content (AvgIpc) is 1.63. The Bertz CT molecular complexity index is 101. The second-order valence-electron chi connectivity index (χ2n) is 2.57. The summed E-state index contributed by atoms with van der Waals surface area (Å²) in [7, 11) is 0. The predicted octanol–water partition coefficient (Wildman–Crippen LogP) is 0.444. The molecule has 0 amide bonds. The van der Waals surface area contributed by atoms with Crippen molar-refractivity contribution in [1.82, 2.24) is 0 Å². The van der Waals surface area contributed by atoms with Crippen LogP contribution in [0.4, 0.5) is 0 Å². The van der Waals surface area contributed by atoms with Crippen LogP contribution >= 0.6 is 0 Å². The second kappa shape index (κ2) is 3.45. The van der Waals surface area contributed by atoms with Crippen LogP contribution in [0.3, 0.4) is 0 Å². The van der Waals surface area contributed by atoms with E-state index in [-0.39, 0.29) is 0 Å². The normalized spacial score (nSPS) is 13.8. The molecule has 0 saturated heterocycles. The Morgan fingerprint density at radius 3 is 2.22 bits per heavy atom. The third kappa shape index (κ3) is 3.97. The van der Waals surface area contributed by atoms with Gasteiger partial charge in [-0.3, -0.25) is 4.79 Å². The van der Waals surface area contributed by atoms with E-state index >= 15 is 0 Å². The van der Waals surface area contributed by atoms with Crippen LogP contribution in [0, 0.1) is 5.92 Å². The lowest BCUT2D eigenvalue weighted by atomic mass is 10.2. The highest BCUT2D eigenvalue weighted by Crippen LogP contribution is 2.01. The first-order valence-electron chi connectivity index (χ1n) is 3.02. The largest absolute Gasteiger partial charge is 0.480 e. The predicted molar refractivity (Wildman–Crippen MR) is 35.1 cm³/mol. The number of rotatable bonds is 3. The topological polar surface area (TPSA) is 63.3 Å². The van der Waals surface area contributed by atoms with Crippen molar-refractivity contribution in [3.63, 3.8) is 0 Å². The summed E-state index contributed by atoms with van der Waals surface area (Å²) in [5, 5.41) is 8.31. The van der Waals surface area contributed by atoms with Gasteiger partial charge in [-0.1, -0.05) is 13.8 Å². The number of carboxylic acids is 1. The van der Waals surface area contributed by atoms with Crippen molar-refractivity contribution >= 4 is 5.97 Å². The molecule has 0 radical (unpaired) electrons. The zero-order valence-corrected chi connectivity index (χ0v) is 5.79. The lowest BCUT2D eigenvalue weighted by Crippen LogP contribution is -2.31. The second-order valence-corrected chi connectivity index (χ2v) is 2.57. The number of hydrogen-bond donors (Lipinski definition) is 2. The molecule has 0 aliphatic rings. The molecule has 3 nitrogen and oxygen atoms in total. The summed E-state index contributed by atoms with van der Waals surface area (Å²) >= 11 is 0. The van der Waals surface area contributed by atoms with Crippen molar-refractivity contribution in [3.05, 3.63) is 0 Å². The first-order valence-corrected chi connectivity index (χ1v) is 3.02. The Hall–Kier alpha value is -0.570. The quantitative estimate of drug-likeness (QED) is 0.548. The molecular weight excluding hydrogens is 119 g/mol. The van der Waals surface area contributed by atoms with Gasteiger partial charge in [0.1, 0.15) is 6.04 Å². The Morgan fingerprint density at radius 2 is 2.11 bits per heavy atom. The minimum absolute atomic E-state index is 0.357. The lowest BCUT2D eigenvalue weighted by molar-refractivity contribution is -0.138. The molecule has 0 aliphatic carbocycles. The minimum Gasteiger partial charge on any atom is -0.480 e. The van der Waals surface area contributed by atoms with Gasteiger partial charge in [-0.05, 0) is 12.3 Å². The van der Waals surface area contributed by atoms with Crippen LogP contribution < -0.4 is 5.73 Å². The Morgan fingerprint density at radius 1 is 1.67 bits per heavy atom. The molecule has 0 rings (SSSR count). The van der Waals surface area contributed by atoms with E-state index < -0.39 is 12.0 Å². The van der Waals surface area contributed by atoms with E-state index in [4.69, 9.17) is 10.8 Å².